The molecule has 1 unspecified atom stereocenters. The van der Waals surface area contributed by atoms with Crippen LogP contribution in [-0.2, 0) is 0 Å². The van der Waals surface area contributed by atoms with Gasteiger partial charge in [0, 0.05) is 38.8 Å². The highest BCUT2D eigenvalue weighted by molar-refractivity contribution is 4.81. The first-order chi connectivity index (χ1) is 8.29. The molecule has 0 aromatic carbocycles. The maximum atomic E-state index is 9.42. The van der Waals surface area contributed by atoms with E-state index in [1.54, 1.807) is 0 Å². The van der Waals surface area contributed by atoms with Crippen LogP contribution >= 0.6 is 0 Å². The van der Waals surface area contributed by atoms with Crippen molar-refractivity contribution in [1.29, 1.82) is 0 Å². The Kier molecular flexibility index (Phi) is 5.22. The fourth-order valence-corrected chi connectivity index (χ4v) is 3.11. The summed E-state index contributed by atoms with van der Waals surface area (Å²) in [6, 6.07) is 0.814. The molecule has 2 aliphatic rings. The second-order valence-electron chi connectivity index (χ2n) is 5.46. The molecular weight excluding hydrogens is 216 g/mol. The van der Waals surface area contributed by atoms with Gasteiger partial charge in [0.1, 0.15) is 0 Å². The van der Waals surface area contributed by atoms with Gasteiger partial charge in [-0.1, -0.05) is 19.3 Å². The molecule has 2 fully saturated rings. The predicted molar refractivity (Wildman–Crippen MR) is 68.0 cm³/mol. The summed E-state index contributed by atoms with van der Waals surface area (Å²) in [5, 5.41) is 18.3. The Morgan fingerprint density at radius 3 is 2.24 bits per heavy atom. The van der Waals surface area contributed by atoms with Gasteiger partial charge in [-0.15, -0.1) is 0 Å². The Bertz CT molecular complexity index is 211. The Hall–Kier alpha value is -0.160. The van der Waals surface area contributed by atoms with Crippen molar-refractivity contribution in [2.75, 3.05) is 39.3 Å². The first kappa shape index (κ1) is 13.3. The van der Waals surface area contributed by atoms with Gasteiger partial charge in [-0.05, 0) is 12.8 Å². The minimum Gasteiger partial charge on any atom is -0.394 e. The quantitative estimate of drug-likeness (QED) is 0.744. The summed E-state index contributed by atoms with van der Waals surface area (Å²) in [7, 11) is 0. The summed E-state index contributed by atoms with van der Waals surface area (Å²) in [4.78, 5) is 4.89. The Morgan fingerprint density at radius 1 is 1.00 bits per heavy atom. The van der Waals surface area contributed by atoms with Crippen LogP contribution in [0.5, 0.6) is 0 Å². The second kappa shape index (κ2) is 6.69. The van der Waals surface area contributed by atoms with Crippen molar-refractivity contribution in [2.45, 2.75) is 44.2 Å². The lowest BCUT2D eigenvalue weighted by atomic mass is 9.94. The standard InChI is InChI=1S/C13H26N2O2/c16-11-13(17)10-14-6-8-15(9-7-14)12-4-2-1-3-5-12/h12-13,16-17H,1-11H2. The van der Waals surface area contributed by atoms with E-state index < -0.39 is 6.10 Å². The summed E-state index contributed by atoms with van der Waals surface area (Å²) < 4.78 is 0. The number of piperazine rings is 1. The summed E-state index contributed by atoms with van der Waals surface area (Å²) in [6.45, 7) is 4.82. The first-order valence-corrected chi connectivity index (χ1v) is 7.05. The molecule has 1 heterocycles. The van der Waals surface area contributed by atoms with Gasteiger partial charge in [-0.25, -0.2) is 0 Å². The molecule has 17 heavy (non-hydrogen) atoms. The zero-order valence-corrected chi connectivity index (χ0v) is 10.7. The monoisotopic (exact) mass is 242 g/mol. The van der Waals surface area contributed by atoms with E-state index in [0.29, 0.717) is 6.54 Å². The maximum Gasteiger partial charge on any atom is 0.0897 e. The topological polar surface area (TPSA) is 46.9 Å². The molecule has 4 heteroatoms. The van der Waals surface area contributed by atoms with Crippen molar-refractivity contribution >= 4 is 0 Å². The number of aliphatic hydroxyl groups is 2. The number of β-amino-alcohol motifs (C(OH)–C–C–N with tert-alkyl or cyclic N) is 1. The van der Waals surface area contributed by atoms with Gasteiger partial charge in [-0.3, -0.25) is 9.80 Å². The number of nitrogens with zero attached hydrogens (tertiary/aromatic N) is 2. The Balaban J connectivity index is 1.70. The van der Waals surface area contributed by atoms with E-state index in [1.807, 2.05) is 0 Å². The molecule has 1 saturated carbocycles. The van der Waals surface area contributed by atoms with Crippen LogP contribution in [0.3, 0.4) is 0 Å². The highest BCUT2D eigenvalue weighted by Crippen LogP contribution is 2.23. The minimum absolute atomic E-state index is 0.122. The Labute approximate surface area is 104 Å². The molecule has 4 nitrogen and oxygen atoms in total. The number of hydrogen-bond donors (Lipinski definition) is 2. The van der Waals surface area contributed by atoms with Crippen LogP contribution in [0.25, 0.3) is 0 Å². The molecule has 0 spiro atoms. The van der Waals surface area contributed by atoms with E-state index in [2.05, 4.69) is 9.80 Å². The summed E-state index contributed by atoms with van der Waals surface area (Å²) >= 11 is 0. The van der Waals surface area contributed by atoms with Gasteiger partial charge in [0.05, 0.1) is 12.7 Å². The third-order valence-corrected chi connectivity index (χ3v) is 4.18. The third kappa shape index (κ3) is 3.91. The van der Waals surface area contributed by atoms with E-state index in [1.165, 1.54) is 32.1 Å². The molecular formula is C13H26N2O2. The maximum absolute atomic E-state index is 9.42. The summed E-state index contributed by atoms with van der Waals surface area (Å²) in [6.07, 6.45) is 6.39. The van der Waals surface area contributed by atoms with Crippen molar-refractivity contribution in [3.05, 3.63) is 0 Å². The van der Waals surface area contributed by atoms with E-state index in [-0.39, 0.29) is 6.61 Å². The van der Waals surface area contributed by atoms with Crippen LogP contribution < -0.4 is 0 Å². The molecule has 2 rings (SSSR count). The first-order valence-electron chi connectivity index (χ1n) is 7.05. The molecule has 1 atom stereocenters. The molecule has 2 N–H and O–H groups in total. The summed E-state index contributed by atoms with van der Waals surface area (Å²) in [5.74, 6) is 0. The lowest BCUT2D eigenvalue weighted by molar-refractivity contribution is 0.0265. The van der Waals surface area contributed by atoms with Gasteiger partial charge >= 0.3 is 0 Å². The third-order valence-electron chi connectivity index (χ3n) is 4.18. The molecule has 1 aliphatic heterocycles. The number of aliphatic hydroxyl groups excluding tert-OH is 2. The van der Waals surface area contributed by atoms with Gasteiger partial charge in [0.15, 0.2) is 0 Å². The van der Waals surface area contributed by atoms with Crippen molar-refractivity contribution in [2.24, 2.45) is 0 Å². The van der Waals surface area contributed by atoms with Gasteiger partial charge in [-0.2, -0.15) is 0 Å². The zero-order chi connectivity index (χ0) is 12.1. The molecule has 0 aromatic rings. The average Bonchev–Trinajstić information content (AvgIpc) is 2.40. The Morgan fingerprint density at radius 2 is 1.65 bits per heavy atom. The van der Waals surface area contributed by atoms with E-state index in [9.17, 15) is 5.11 Å². The molecule has 100 valence electrons. The smallest absolute Gasteiger partial charge is 0.0897 e. The van der Waals surface area contributed by atoms with Crippen LogP contribution in [-0.4, -0.2) is 71.5 Å². The molecule has 0 radical (unpaired) electrons. The average molecular weight is 242 g/mol. The highest BCUT2D eigenvalue weighted by atomic mass is 16.3. The zero-order valence-electron chi connectivity index (χ0n) is 10.7. The van der Waals surface area contributed by atoms with Crippen LogP contribution in [0.4, 0.5) is 0 Å². The largest absolute Gasteiger partial charge is 0.394 e. The number of hydrogen-bond acceptors (Lipinski definition) is 4. The molecule has 1 saturated heterocycles. The van der Waals surface area contributed by atoms with Gasteiger partial charge in [0.2, 0.25) is 0 Å². The van der Waals surface area contributed by atoms with Crippen LogP contribution in [0.1, 0.15) is 32.1 Å². The highest BCUT2D eigenvalue weighted by Gasteiger charge is 2.25. The predicted octanol–water partition coefficient (Wildman–Crippen LogP) is 0.290. The fourth-order valence-electron chi connectivity index (χ4n) is 3.11. The van der Waals surface area contributed by atoms with E-state index in [4.69, 9.17) is 5.11 Å². The molecule has 0 bridgehead atoms. The van der Waals surface area contributed by atoms with Crippen LogP contribution in [0.2, 0.25) is 0 Å². The van der Waals surface area contributed by atoms with Crippen molar-refractivity contribution < 1.29 is 10.2 Å². The lowest BCUT2D eigenvalue weighted by Crippen LogP contribution is -2.52. The molecule has 0 aromatic heterocycles. The van der Waals surface area contributed by atoms with E-state index >= 15 is 0 Å². The normalized spacial score (nSPS) is 27.2. The van der Waals surface area contributed by atoms with Crippen LogP contribution in [0.15, 0.2) is 0 Å². The minimum atomic E-state index is -0.573. The molecule has 1 aliphatic carbocycles. The second-order valence-corrected chi connectivity index (χ2v) is 5.46. The fraction of sp³-hybridized carbons (Fsp3) is 1.00. The summed E-state index contributed by atoms with van der Waals surface area (Å²) in [5.41, 5.74) is 0. The number of rotatable bonds is 4. The van der Waals surface area contributed by atoms with Crippen molar-refractivity contribution in [3.63, 3.8) is 0 Å². The van der Waals surface area contributed by atoms with E-state index in [0.717, 1.165) is 32.2 Å². The van der Waals surface area contributed by atoms with Crippen molar-refractivity contribution in [1.82, 2.24) is 9.80 Å². The van der Waals surface area contributed by atoms with Crippen molar-refractivity contribution in [3.8, 4) is 0 Å². The van der Waals surface area contributed by atoms with Gasteiger partial charge < -0.3 is 10.2 Å². The van der Waals surface area contributed by atoms with Crippen LogP contribution in [0, 0.1) is 0 Å². The van der Waals surface area contributed by atoms with Gasteiger partial charge in [0.25, 0.3) is 0 Å². The lowest BCUT2D eigenvalue weighted by Gasteiger charge is -2.41. The SMILES string of the molecule is OCC(O)CN1CCN(C2CCCCC2)CC1. The molecule has 0 amide bonds.